The molecule has 1 aromatic rings. The van der Waals surface area contributed by atoms with Gasteiger partial charge in [0.15, 0.2) is 0 Å². The van der Waals surface area contributed by atoms with E-state index in [4.69, 9.17) is 0 Å². The van der Waals surface area contributed by atoms with Crippen LogP contribution in [0.5, 0.6) is 0 Å². The molecule has 0 radical (unpaired) electrons. The molecule has 3 rings (SSSR count). The van der Waals surface area contributed by atoms with E-state index in [-0.39, 0.29) is 17.2 Å². The first-order valence-electron chi connectivity index (χ1n) is 9.72. The van der Waals surface area contributed by atoms with Crippen molar-refractivity contribution >= 4 is 27.3 Å². The van der Waals surface area contributed by atoms with Crippen molar-refractivity contribution in [3.63, 3.8) is 0 Å². The van der Waals surface area contributed by atoms with Crippen molar-refractivity contribution in [3.8, 4) is 0 Å². The fourth-order valence-electron chi connectivity index (χ4n) is 4.27. The third kappa shape index (κ3) is 4.72. The summed E-state index contributed by atoms with van der Waals surface area (Å²) in [6.07, 6.45) is 6.35. The second-order valence-corrected chi connectivity index (χ2v) is 11.1. The van der Waals surface area contributed by atoms with Gasteiger partial charge < -0.3 is 10.4 Å². The van der Waals surface area contributed by atoms with Crippen molar-refractivity contribution in [2.45, 2.75) is 57.0 Å². The van der Waals surface area contributed by atoms with Crippen LogP contribution in [-0.2, 0) is 20.2 Å². The van der Waals surface area contributed by atoms with E-state index in [1.165, 1.54) is 15.4 Å². The van der Waals surface area contributed by atoms with Gasteiger partial charge >= 0.3 is 0 Å². The number of hydrogen-bond donors (Lipinski definition) is 2. The highest BCUT2D eigenvalue weighted by Crippen LogP contribution is 2.44. The average Bonchev–Trinajstić information content (AvgIpc) is 3.29. The number of sulfonamides is 1. The summed E-state index contributed by atoms with van der Waals surface area (Å²) in [6, 6.07) is 4.10. The average molecular weight is 415 g/mol. The van der Waals surface area contributed by atoms with Gasteiger partial charge in [0.25, 0.3) is 0 Å². The zero-order valence-corrected chi connectivity index (χ0v) is 17.7. The number of amides is 1. The molecule has 0 bridgehead atoms. The fraction of sp³-hybridized carbons (Fsp3) is 0.737. The molecule has 0 unspecified atom stereocenters. The highest BCUT2D eigenvalue weighted by molar-refractivity contribution is 7.88. The highest BCUT2D eigenvalue weighted by Gasteiger charge is 2.38. The summed E-state index contributed by atoms with van der Waals surface area (Å²) in [4.78, 5) is 14.9. The first-order valence-corrected chi connectivity index (χ1v) is 12.4. The molecule has 1 aliphatic heterocycles. The van der Waals surface area contributed by atoms with Gasteiger partial charge in [-0.2, -0.15) is 0 Å². The van der Waals surface area contributed by atoms with Crippen molar-refractivity contribution < 1.29 is 18.3 Å². The third-order valence-corrected chi connectivity index (χ3v) is 8.82. The number of thiophene rings is 1. The van der Waals surface area contributed by atoms with Gasteiger partial charge in [-0.05, 0) is 44.7 Å². The molecule has 2 N–H and O–H groups in total. The minimum atomic E-state index is -3.17. The molecule has 1 aliphatic carbocycles. The Bertz CT molecular complexity index is 758. The minimum Gasteiger partial charge on any atom is -0.388 e. The van der Waals surface area contributed by atoms with E-state index in [1.807, 2.05) is 6.07 Å². The quantitative estimate of drug-likeness (QED) is 0.748. The van der Waals surface area contributed by atoms with Gasteiger partial charge in [0.05, 0.1) is 12.4 Å². The van der Waals surface area contributed by atoms with E-state index in [2.05, 4.69) is 11.4 Å². The molecule has 1 aromatic heterocycles. The van der Waals surface area contributed by atoms with Crippen molar-refractivity contribution in [1.82, 2.24) is 9.62 Å². The smallest absolute Gasteiger partial charge is 0.223 e. The minimum absolute atomic E-state index is 0.0269. The van der Waals surface area contributed by atoms with Crippen molar-refractivity contribution in [1.29, 1.82) is 0 Å². The summed E-state index contributed by atoms with van der Waals surface area (Å²) in [5, 5.41) is 13.0. The molecule has 1 saturated heterocycles. The molecular weight excluding hydrogens is 384 g/mol. The Morgan fingerprint density at radius 3 is 2.48 bits per heavy atom. The van der Waals surface area contributed by atoms with Crippen molar-refractivity contribution in [3.05, 3.63) is 21.9 Å². The topological polar surface area (TPSA) is 86.7 Å². The van der Waals surface area contributed by atoms with E-state index in [0.29, 0.717) is 32.5 Å². The van der Waals surface area contributed by atoms with Crippen molar-refractivity contribution in [2.75, 3.05) is 25.9 Å². The number of piperidine rings is 1. The Morgan fingerprint density at radius 1 is 1.33 bits per heavy atom. The molecule has 1 amide bonds. The number of carbonyl (C=O) groups is 1. The van der Waals surface area contributed by atoms with Crippen LogP contribution in [0.1, 0.15) is 61.3 Å². The van der Waals surface area contributed by atoms with Crippen molar-refractivity contribution in [2.24, 2.45) is 5.92 Å². The molecule has 2 fully saturated rings. The zero-order valence-electron chi connectivity index (χ0n) is 16.1. The van der Waals surface area contributed by atoms with Crippen LogP contribution < -0.4 is 5.32 Å². The van der Waals surface area contributed by atoms with Gasteiger partial charge in [-0.25, -0.2) is 12.7 Å². The van der Waals surface area contributed by atoms with Gasteiger partial charge in [-0.15, -0.1) is 11.3 Å². The Morgan fingerprint density at radius 2 is 1.96 bits per heavy atom. The largest absolute Gasteiger partial charge is 0.388 e. The molecule has 0 spiro atoms. The highest BCUT2D eigenvalue weighted by atomic mass is 32.2. The molecule has 152 valence electrons. The standard InChI is InChI=1S/C19H30N2O4S2/c1-14(22)16-5-6-17(26-16)19(9-3-4-10-19)13-20-18(23)15-7-11-21(12-8-15)27(2,24)25/h5-6,14-15,22H,3-4,7-13H2,1-2H3,(H,20,23)/t14-/m1/s1. The van der Waals surface area contributed by atoms with E-state index in [0.717, 1.165) is 30.6 Å². The molecular formula is C19H30N2O4S2. The number of aliphatic hydroxyl groups excluding tert-OH is 1. The Kier molecular flexibility index (Phi) is 6.30. The molecule has 2 heterocycles. The van der Waals surface area contributed by atoms with Crippen LogP contribution in [0.3, 0.4) is 0 Å². The second kappa shape index (κ2) is 8.19. The maximum atomic E-state index is 12.7. The lowest BCUT2D eigenvalue weighted by molar-refractivity contribution is -0.126. The van der Waals surface area contributed by atoms with Crippen LogP contribution in [0.4, 0.5) is 0 Å². The van der Waals surface area contributed by atoms with Gasteiger partial charge in [0, 0.05) is 40.7 Å². The lowest BCUT2D eigenvalue weighted by atomic mass is 9.84. The number of rotatable bonds is 6. The Balaban J connectivity index is 1.60. The van der Waals surface area contributed by atoms with E-state index < -0.39 is 16.1 Å². The van der Waals surface area contributed by atoms with Crippen LogP contribution in [0, 0.1) is 5.92 Å². The van der Waals surface area contributed by atoms with Crippen LogP contribution in [-0.4, -0.2) is 49.6 Å². The maximum absolute atomic E-state index is 12.7. The number of nitrogens with one attached hydrogen (secondary N) is 1. The molecule has 27 heavy (non-hydrogen) atoms. The van der Waals surface area contributed by atoms with E-state index >= 15 is 0 Å². The van der Waals surface area contributed by atoms with E-state index in [9.17, 15) is 18.3 Å². The third-order valence-electron chi connectivity index (χ3n) is 6.02. The molecule has 6 nitrogen and oxygen atoms in total. The lowest BCUT2D eigenvalue weighted by Crippen LogP contribution is -2.45. The Labute approximate surface area is 166 Å². The molecule has 2 aliphatic rings. The number of aliphatic hydroxyl groups is 1. The number of nitrogens with zero attached hydrogens (tertiary/aromatic N) is 1. The summed E-state index contributed by atoms with van der Waals surface area (Å²) in [7, 11) is -3.17. The summed E-state index contributed by atoms with van der Waals surface area (Å²) in [5.41, 5.74) is -0.0269. The predicted molar refractivity (Wildman–Crippen MR) is 107 cm³/mol. The fourth-order valence-corrected chi connectivity index (χ4v) is 6.34. The normalized spacial score (nSPS) is 22.6. The summed E-state index contributed by atoms with van der Waals surface area (Å²) < 4.78 is 24.7. The molecule has 1 saturated carbocycles. The molecule has 0 aromatic carbocycles. The maximum Gasteiger partial charge on any atom is 0.223 e. The SMILES string of the molecule is C[C@@H](O)c1ccc(C2(CNC(=O)C3CCN(S(C)(=O)=O)CC3)CCCC2)s1. The Hall–Kier alpha value is -0.960. The molecule has 1 atom stereocenters. The van der Waals surface area contributed by atoms with Gasteiger partial charge in [0.1, 0.15) is 0 Å². The summed E-state index contributed by atoms with van der Waals surface area (Å²) in [6.45, 7) is 3.24. The van der Waals surface area contributed by atoms with Crippen LogP contribution >= 0.6 is 11.3 Å². The zero-order chi connectivity index (χ0) is 19.7. The van der Waals surface area contributed by atoms with Crippen LogP contribution in [0.15, 0.2) is 12.1 Å². The predicted octanol–water partition coefficient (Wildman–Crippen LogP) is 2.40. The van der Waals surface area contributed by atoms with Gasteiger partial charge in [0.2, 0.25) is 15.9 Å². The second-order valence-electron chi connectivity index (χ2n) is 8.02. The summed E-state index contributed by atoms with van der Waals surface area (Å²) >= 11 is 1.65. The summed E-state index contributed by atoms with van der Waals surface area (Å²) in [5.74, 6) is -0.0699. The lowest BCUT2D eigenvalue weighted by Gasteiger charge is -2.32. The molecule has 8 heteroatoms. The van der Waals surface area contributed by atoms with Gasteiger partial charge in [-0.1, -0.05) is 12.8 Å². The van der Waals surface area contributed by atoms with Gasteiger partial charge in [-0.3, -0.25) is 4.79 Å². The van der Waals surface area contributed by atoms with E-state index in [1.54, 1.807) is 18.3 Å². The van der Waals surface area contributed by atoms with Crippen LogP contribution in [0.2, 0.25) is 0 Å². The monoisotopic (exact) mass is 414 g/mol. The first kappa shape index (κ1) is 20.8. The number of carbonyl (C=O) groups excluding carboxylic acids is 1. The first-order chi connectivity index (χ1) is 12.7. The van der Waals surface area contributed by atoms with Crippen LogP contribution in [0.25, 0.3) is 0 Å². The number of hydrogen-bond acceptors (Lipinski definition) is 5.